The summed E-state index contributed by atoms with van der Waals surface area (Å²) in [5.41, 5.74) is 2.97. The molecule has 9 heteroatoms. The standard InChI is InChI=1S/C27H22ClNO6S/c1-3-34-27(31)25-15-14-24(35-25)18-4-9-20(10-5-18)29-26(30)19-8-13-23(28)22(16-19)17-6-11-21(12-7-17)36(2,32)33/h4-16H,3H2,1-2H3,(H,29,30). The van der Waals surface area contributed by atoms with Crippen molar-refractivity contribution in [3.05, 3.63) is 95.2 Å². The van der Waals surface area contributed by atoms with Crippen molar-refractivity contribution in [1.82, 2.24) is 0 Å². The van der Waals surface area contributed by atoms with Crippen molar-refractivity contribution < 1.29 is 27.2 Å². The van der Waals surface area contributed by atoms with Crippen LogP contribution in [0.3, 0.4) is 0 Å². The van der Waals surface area contributed by atoms with Crippen molar-refractivity contribution in [2.45, 2.75) is 11.8 Å². The van der Waals surface area contributed by atoms with E-state index < -0.39 is 15.8 Å². The van der Waals surface area contributed by atoms with Gasteiger partial charge in [-0.2, -0.15) is 0 Å². The highest BCUT2D eigenvalue weighted by Gasteiger charge is 2.15. The van der Waals surface area contributed by atoms with Crippen molar-refractivity contribution in [2.24, 2.45) is 0 Å². The molecule has 0 aliphatic heterocycles. The normalized spacial score (nSPS) is 11.2. The molecule has 1 heterocycles. The molecular weight excluding hydrogens is 502 g/mol. The zero-order chi connectivity index (χ0) is 25.9. The number of sulfone groups is 1. The average Bonchev–Trinajstić information content (AvgIpc) is 3.35. The number of ether oxygens (including phenoxy) is 1. The predicted octanol–water partition coefficient (Wildman–Crippen LogP) is 6.10. The van der Waals surface area contributed by atoms with Crippen LogP contribution in [0.2, 0.25) is 5.02 Å². The number of benzene rings is 3. The van der Waals surface area contributed by atoms with Crippen LogP contribution in [-0.2, 0) is 14.6 Å². The number of esters is 1. The van der Waals surface area contributed by atoms with Crippen molar-refractivity contribution in [3.8, 4) is 22.5 Å². The van der Waals surface area contributed by atoms with Gasteiger partial charge >= 0.3 is 5.97 Å². The first kappa shape index (κ1) is 25.2. The second kappa shape index (κ2) is 10.4. The van der Waals surface area contributed by atoms with Gasteiger partial charge in [0.25, 0.3) is 5.91 Å². The molecule has 1 amide bonds. The summed E-state index contributed by atoms with van der Waals surface area (Å²) in [4.78, 5) is 24.9. The van der Waals surface area contributed by atoms with E-state index in [9.17, 15) is 18.0 Å². The van der Waals surface area contributed by atoms with E-state index >= 15 is 0 Å². The minimum atomic E-state index is -3.32. The van der Waals surface area contributed by atoms with E-state index in [1.165, 1.54) is 12.1 Å². The van der Waals surface area contributed by atoms with Crippen LogP contribution in [0.25, 0.3) is 22.5 Å². The molecule has 4 rings (SSSR count). The van der Waals surface area contributed by atoms with Gasteiger partial charge < -0.3 is 14.5 Å². The summed E-state index contributed by atoms with van der Waals surface area (Å²) < 4.78 is 33.9. The molecule has 0 radical (unpaired) electrons. The smallest absolute Gasteiger partial charge is 0.374 e. The Labute approximate surface area is 213 Å². The van der Waals surface area contributed by atoms with Crippen LogP contribution in [0.15, 0.2) is 88.2 Å². The van der Waals surface area contributed by atoms with Crippen LogP contribution in [-0.4, -0.2) is 33.2 Å². The molecule has 0 aliphatic rings. The summed E-state index contributed by atoms with van der Waals surface area (Å²) in [6.45, 7) is 1.98. The highest BCUT2D eigenvalue weighted by molar-refractivity contribution is 7.90. The summed E-state index contributed by atoms with van der Waals surface area (Å²) in [6, 6.07) is 21.4. The van der Waals surface area contributed by atoms with Crippen LogP contribution in [0.4, 0.5) is 5.69 Å². The van der Waals surface area contributed by atoms with Crippen molar-refractivity contribution in [3.63, 3.8) is 0 Å². The quantitative estimate of drug-likeness (QED) is 0.294. The van der Waals surface area contributed by atoms with Crippen molar-refractivity contribution >= 4 is 39.0 Å². The number of hydrogen-bond acceptors (Lipinski definition) is 6. The van der Waals surface area contributed by atoms with Gasteiger partial charge in [0.15, 0.2) is 9.84 Å². The number of anilines is 1. The van der Waals surface area contributed by atoms with E-state index in [-0.39, 0.29) is 23.2 Å². The first-order valence-corrected chi connectivity index (χ1v) is 13.2. The van der Waals surface area contributed by atoms with Crippen LogP contribution in [0, 0.1) is 0 Å². The highest BCUT2D eigenvalue weighted by Crippen LogP contribution is 2.30. The Morgan fingerprint density at radius 3 is 2.22 bits per heavy atom. The molecule has 1 N–H and O–H groups in total. The molecule has 0 saturated heterocycles. The molecule has 0 fully saturated rings. The van der Waals surface area contributed by atoms with Gasteiger partial charge in [-0.3, -0.25) is 4.79 Å². The molecule has 0 bridgehead atoms. The van der Waals surface area contributed by atoms with E-state index in [0.717, 1.165) is 11.8 Å². The van der Waals surface area contributed by atoms with E-state index in [1.54, 1.807) is 73.7 Å². The third-order valence-corrected chi connectivity index (χ3v) is 6.79. The maximum Gasteiger partial charge on any atom is 0.374 e. The molecule has 1 aromatic heterocycles. The highest BCUT2D eigenvalue weighted by atomic mass is 35.5. The first-order chi connectivity index (χ1) is 17.2. The number of hydrogen-bond donors (Lipinski definition) is 1. The lowest BCUT2D eigenvalue weighted by atomic mass is 10.0. The molecule has 0 atom stereocenters. The van der Waals surface area contributed by atoms with Gasteiger partial charge in [-0.1, -0.05) is 23.7 Å². The Balaban J connectivity index is 1.49. The van der Waals surface area contributed by atoms with Crippen LogP contribution < -0.4 is 5.32 Å². The Kier molecular flexibility index (Phi) is 7.28. The van der Waals surface area contributed by atoms with E-state index in [1.807, 2.05) is 0 Å². The second-order valence-electron chi connectivity index (χ2n) is 7.91. The molecule has 184 valence electrons. The largest absolute Gasteiger partial charge is 0.460 e. The summed E-state index contributed by atoms with van der Waals surface area (Å²) >= 11 is 6.35. The minimum absolute atomic E-state index is 0.119. The lowest BCUT2D eigenvalue weighted by Crippen LogP contribution is -2.11. The number of carbonyl (C=O) groups is 2. The Morgan fingerprint density at radius 1 is 0.917 bits per heavy atom. The monoisotopic (exact) mass is 523 g/mol. The topological polar surface area (TPSA) is 103 Å². The Hall–Kier alpha value is -3.88. The second-order valence-corrected chi connectivity index (χ2v) is 10.3. The van der Waals surface area contributed by atoms with Gasteiger partial charge in [0.05, 0.1) is 11.5 Å². The summed E-state index contributed by atoms with van der Waals surface area (Å²) in [7, 11) is -3.32. The minimum Gasteiger partial charge on any atom is -0.460 e. The molecule has 0 unspecified atom stereocenters. The van der Waals surface area contributed by atoms with Gasteiger partial charge in [0, 0.05) is 33.7 Å². The average molecular weight is 524 g/mol. The SMILES string of the molecule is CCOC(=O)c1ccc(-c2ccc(NC(=O)c3ccc(Cl)c(-c4ccc(S(C)(=O)=O)cc4)c3)cc2)o1. The number of nitrogens with one attached hydrogen (secondary N) is 1. The van der Waals surface area contributed by atoms with Gasteiger partial charge in [0.2, 0.25) is 5.76 Å². The number of carbonyl (C=O) groups excluding carboxylic acids is 2. The fourth-order valence-electron chi connectivity index (χ4n) is 3.50. The molecule has 7 nitrogen and oxygen atoms in total. The lowest BCUT2D eigenvalue weighted by Gasteiger charge is -2.10. The number of furan rings is 1. The summed E-state index contributed by atoms with van der Waals surface area (Å²) in [5.74, 6) is -0.244. The molecule has 36 heavy (non-hydrogen) atoms. The Morgan fingerprint density at radius 2 is 1.58 bits per heavy atom. The molecular formula is C27H22ClNO6S. The first-order valence-electron chi connectivity index (χ1n) is 10.9. The molecule has 0 aliphatic carbocycles. The molecule has 0 spiro atoms. The predicted molar refractivity (Wildman–Crippen MR) is 138 cm³/mol. The van der Waals surface area contributed by atoms with E-state index in [4.69, 9.17) is 20.8 Å². The third kappa shape index (κ3) is 5.67. The third-order valence-electron chi connectivity index (χ3n) is 5.33. The lowest BCUT2D eigenvalue weighted by molar-refractivity contribution is 0.0491. The van der Waals surface area contributed by atoms with E-state index in [0.29, 0.717) is 33.2 Å². The molecule has 0 saturated carbocycles. The van der Waals surface area contributed by atoms with Crippen LogP contribution in [0.5, 0.6) is 0 Å². The van der Waals surface area contributed by atoms with Crippen LogP contribution >= 0.6 is 11.6 Å². The van der Waals surface area contributed by atoms with Crippen molar-refractivity contribution in [1.29, 1.82) is 0 Å². The number of halogens is 1. The fourth-order valence-corrected chi connectivity index (χ4v) is 4.35. The summed E-state index contributed by atoms with van der Waals surface area (Å²) in [5, 5.41) is 3.27. The van der Waals surface area contributed by atoms with Crippen molar-refractivity contribution in [2.75, 3.05) is 18.2 Å². The van der Waals surface area contributed by atoms with Gasteiger partial charge in [-0.05, 0) is 79.2 Å². The summed E-state index contributed by atoms with van der Waals surface area (Å²) in [6.07, 6.45) is 1.14. The molecule has 3 aromatic carbocycles. The number of amides is 1. The zero-order valence-electron chi connectivity index (χ0n) is 19.4. The molecule has 4 aromatic rings. The Bertz CT molecular complexity index is 1520. The van der Waals surface area contributed by atoms with Gasteiger partial charge in [-0.15, -0.1) is 0 Å². The number of rotatable bonds is 7. The maximum absolute atomic E-state index is 12.9. The maximum atomic E-state index is 12.9. The fraction of sp³-hybridized carbons (Fsp3) is 0.111. The van der Waals surface area contributed by atoms with Crippen LogP contribution in [0.1, 0.15) is 27.8 Å². The zero-order valence-corrected chi connectivity index (χ0v) is 21.0. The van der Waals surface area contributed by atoms with Gasteiger partial charge in [0.1, 0.15) is 5.76 Å². The van der Waals surface area contributed by atoms with E-state index in [2.05, 4.69) is 5.32 Å². The van der Waals surface area contributed by atoms with Gasteiger partial charge in [-0.25, -0.2) is 13.2 Å².